The van der Waals surface area contributed by atoms with E-state index in [1.807, 2.05) is 12.1 Å². The molecule has 0 radical (unpaired) electrons. The van der Waals surface area contributed by atoms with E-state index in [0.717, 1.165) is 12.2 Å². The number of benzene rings is 1. The van der Waals surface area contributed by atoms with Gasteiger partial charge in [-0.15, -0.1) is 0 Å². The topological polar surface area (TPSA) is 61.8 Å². The number of nitriles is 1. The van der Waals surface area contributed by atoms with E-state index >= 15 is 0 Å². The van der Waals surface area contributed by atoms with Crippen molar-refractivity contribution in [2.75, 3.05) is 17.6 Å². The largest absolute Gasteiger partial charge is 0.396 e. The molecule has 0 atom stereocenters. The predicted molar refractivity (Wildman–Crippen MR) is 66.0 cm³/mol. The van der Waals surface area contributed by atoms with Crippen LogP contribution in [-0.4, -0.2) is 6.54 Å². The Hall–Kier alpha value is -1.69. The van der Waals surface area contributed by atoms with Gasteiger partial charge in [0.1, 0.15) is 6.07 Å². The van der Waals surface area contributed by atoms with Gasteiger partial charge in [0.25, 0.3) is 0 Å². The number of nitrogens with two attached hydrogens (primary N) is 1. The monoisotopic (exact) mass is 215 g/mol. The highest BCUT2D eigenvalue weighted by Gasteiger charge is 2.40. The van der Waals surface area contributed by atoms with E-state index in [0.29, 0.717) is 16.7 Å². The fourth-order valence-electron chi connectivity index (χ4n) is 1.93. The summed E-state index contributed by atoms with van der Waals surface area (Å²) in [6.45, 7) is 3.19. The average Bonchev–Trinajstić information content (AvgIpc) is 3.08. The number of anilines is 2. The maximum Gasteiger partial charge on any atom is 0.101 e. The molecule has 1 aromatic rings. The molecule has 1 aliphatic carbocycles. The van der Waals surface area contributed by atoms with Crippen LogP contribution >= 0.6 is 0 Å². The lowest BCUT2D eigenvalue weighted by atomic mass is 10.0. The molecule has 0 saturated heterocycles. The van der Waals surface area contributed by atoms with Gasteiger partial charge < -0.3 is 11.1 Å². The lowest BCUT2D eigenvalue weighted by Crippen LogP contribution is -2.15. The molecule has 0 heterocycles. The lowest BCUT2D eigenvalue weighted by Gasteiger charge is -2.16. The highest BCUT2D eigenvalue weighted by molar-refractivity contribution is 5.72. The number of nitrogen functional groups attached to an aromatic ring is 1. The zero-order valence-electron chi connectivity index (χ0n) is 9.59. The van der Waals surface area contributed by atoms with Crippen LogP contribution in [0.15, 0.2) is 18.2 Å². The van der Waals surface area contributed by atoms with Crippen molar-refractivity contribution in [1.82, 2.24) is 0 Å². The number of hydrogen-bond acceptors (Lipinski definition) is 3. The van der Waals surface area contributed by atoms with Gasteiger partial charge in [-0.1, -0.05) is 13.0 Å². The van der Waals surface area contributed by atoms with E-state index in [-0.39, 0.29) is 0 Å². The molecule has 0 aliphatic heterocycles. The molecule has 0 amide bonds. The third-order valence-electron chi connectivity index (χ3n) is 3.59. The standard InChI is InChI=1S/C13H17N3/c1-2-13(6-7-13)9-16-11-5-3-4-10(8-14)12(11)15/h3-5,16H,2,6-7,9,15H2,1H3. The highest BCUT2D eigenvalue weighted by atomic mass is 14.9. The first-order valence-corrected chi connectivity index (χ1v) is 5.73. The van der Waals surface area contributed by atoms with Crippen molar-refractivity contribution in [3.63, 3.8) is 0 Å². The van der Waals surface area contributed by atoms with E-state index in [4.69, 9.17) is 11.0 Å². The summed E-state index contributed by atoms with van der Waals surface area (Å²) in [5.41, 5.74) is 8.38. The van der Waals surface area contributed by atoms with Crippen LogP contribution in [0.5, 0.6) is 0 Å². The molecule has 0 spiro atoms. The van der Waals surface area contributed by atoms with Crippen LogP contribution in [0.25, 0.3) is 0 Å². The van der Waals surface area contributed by atoms with E-state index in [9.17, 15) is 0 Å². The summed E-state index contributed by atoms with van der Waals surface area (Å²) in [6, 6.07) is 7.64. The van der Waals surface area contributed by atoms with Crippen molar-refractivity contribution in [2.24, 2.45) is 5.41 Å². The zero-order valence-corrected chi connectivity index (χ0v) is 9.59. The number of rotatable bonds is 4. The minimum Gasteiger partial charge on any atom is -0.396 e. The third kappa shape index (κ3) is 1.96. The molecule has 0 bridgehead atoms. The van der Waals surface area contributed by atoms with Gasteiger partial charge in [0.15, 0.2) is 0 Å². The van der Waals surface area contributed by atoms with Gasteiger partial charge in [-0.3, -0.25) is 0 Å². The van der Waals surface area contributed by atoms with Crippen LogP contribution in [0.3, 0.4) is 0 Å². The Labute approximate surface area is 96.3 Å². The average molecular weight is 215 g/mol. The SMILES string of the molecule is CCC1(CNc2cccc(C#N)c2N)CC1. The van der Waals surface area contributed by atoms with Crippen molar-refractivity contribution in [3.8, 4) is 6.07 Å². The summed E-state index contributed by atoms with van der Waals surface area (Å²) >= 11 is 0. The van der Waals surface area contributed by atoms with Crippen LogP contribution in [0, 0.1) is 16.7 Å². The maximum absolute atomic E-state index is 8.87. The summed E-state index contributed by atoms with van der Waals surface area (Å²) in [4.78, 5) is 0. The highest BCUT2D eigenvalue weighted by Crippen LogP contribution is 2.48. The van der Waals surface area contributed by atoms with Crippen LogP contribution in [-0.2, 0) is 0 Å². The van der Waals surface area contributed by atoms with E-state index < -0.39 is 0 Å². The molecule has 3 heteroatoms. The molecule has 0 aromatic heterocycles. The predicted octanol–water partition coefficient (Wildman–Crippen LogP) is 2.74. The molecule has 84 valence electrons. The van der Waals surface area contributed by atoms with Crippen LogP contribution in [0.1, 0.15) is 31.7 Å². The summed E-state index contributed by atoms with van der Waals surface area (Å²) < 4.78 is 0. The first-order valence-electron chi connectivity index (χ1n) is 5.73. The molecule has 0 unspecified atom stereocenters. The number of nitrogens with zero attached hydrogens (tertiary/aromatic N) is 1. The van der Waals surface area contributed by atoms with Gasteiger partial charge in [-0.05, 0) is 36.8 Å². The molecule has 1 fully saturated rings. The van der Waals surface area contributed by atoms with Gasteiger partial charge in [-0.25, -0.2) is 0 Å². The van der Waals surface area contributed by atoms with Gasteiger partial charge in [-0.2, -0.15) is 5.26 Å². The van der Waals surface area contributed by atoms with Gasteiger partial charge >= 0.3 is 0 Å². The van der Waals surface area contributed by atoms with Gasteiger partial charge in [0.05, 0.1) is 16.9 Å². The van der Waals surface area contributed by atoms with Crippen LogP contribution < -0.4 is 11.1 Å². The third-order valence-corrected chi connectivity index (χ3v) is 3.59. The van der Waals surface area contributed by atoms with Crippen molar-refractivity contribution in [3.05, 3.63) is 23.8 Å². The Morgan fingerprint density at radius 3 is 2.81 bits per heavy atom. The Morgan fingerprint density at radius 1 is 1.50 bits per heavy atom. The maximum atomic E-state index is 8.87. The van der Waals surface area contributed by atoms with Crippen molar-refractivity contribution in [1.29, 1.82) is 5.26 Å². The molecule has 3 N–H and O–H groups in total. The first-order chi connectivity index (χ1) is 7.71. The van der Waals surface area contributed by atoms with E-state index in [1.165, 1.54) is 19.3 Å². The van der Waals surface area contributed by atoms with Crippen molar-refractivity contribution >= 4 is 11.4 Å². The van der Waals surface area contributed by atoms with Gasteiger partial charge in [0.2, 0.25) is 0 Å². The molecule has 16 heavy (non-hydrogen) atoms. The summed E-state index contributed by atoms with van der Waals surface area (Å²) in [5.74, 6) is 0. The second-order valence-corrected chi connectivity index (χ2v) is 4.59. The van der Waals surface area contributed by atoms with E-state index in [2.05, 4.69) is 18.3 Å². The molecule has 3 nitrogen and oxygen atoms in total. The fourth-order valence-corrected chi connectivity index (χ4v) is 1.93. The molecule has 1 aromatic carbocycles. The van der Waals surface area contributed by atoms with Crippen LogP contribution in [0.2, 0.25) is 0 Å². The molecule has 2 rings (SSSR count). The summed E-state index contributed by atoms with van der Waals surface area (Å²) in [6.07, 6.45) is 3.81. The van der Waals surface area contributed by atoms with Crippen LogP contribution in [0.4, 0.5) is 11.4 Å². The van der Waals surface area contributed by atoms with Crippen molar-refractivity contribution in [2.45, 2.75) is 26.2 Å². The molecular formula is C13H17N3. The summed E-state index contributed by atoms with van der Waals surface area (Å²) in [5, 5.41) is 12.2. The first kappa shape index (κ1) is 10.8. The Morgan fingerprint density at radius 2 is 2.25 bits per heavy atom. The molecule has 1 saturated carbocycles. The Bertz CT molecular complexity index is 427. The quantitative estimate of drug-likeness (QED) is 0.759. The van der Waals surface area contributed by atoms with E-state index in [1.54, 1.807) is 6.07 Å². The zero-order chi connectivity index (χ0) is 11.6. The Kier molecular flexibility index (Phi) is 2.74. The Balaban J connectivity index is 2.08. The second kappa shape index (κ2) is 4.05. The molecule has 1 aliphatic rings. The number of nitrogens with one attached hydrogen (secondary N) is 1. The minimum atomic E-state index is 0.481. The summed E-state index contributed by atoms with van der Waals surface area (Å²) in [7, 11) is 0. The smallest absolute Gasteiger partial charge is 0.101 e. The normalized spacial score (nSPS) is 16.5. The lowest BCUT2D eigenvalue weighted by molar-refractivity contribution is 0.521. The number of hydrogen-bond donors (Lipinski definition) is 2. The fraction of sp³-hybridized carbons (Fsp3) is 0.462. The number of para-hydroxylation sites is 1. The van der Waals surface area contributed by atoms with Crippen molar-refractivity contribution < 1.29 is 0 Å². The molecular weight excluding hydrogens is 198 g/mol. The van der Waals surface area contributed by atoms with Gasteiger partial charge in [0, 0.05) is 6.54 Å². The minimum absolute atomic E-state index is 0.481. The second-order valence-electron chi connectivity index (χ2n) is 4.59.